The average molecular weight is 230 g/mol. The molecule has 92 valence electrons. The third-order valence-corrected chi connectivity index (χ3v) is 2.66. The molecule has 0 unspecified atom stereocenters. The maximum Gasteiger partial charge on any atom is 0.329 e. The van der Waals surface area contributed by atoms with Crippen LogP contribution in [-0.2, 0) is 0 Å². The van der Waals surface area contributed by atoms with E-state index in [1.165, 1.54) is 0 Å². The molecular weight excluding hydrogens is 212 g/mol. The van der Waals surface area contributed by atoms with E-state index in [4.69, 9.17) is 11.7 Å². The number of nitrogens with two attached hydrogens (primary N) is 2. The number of hydrogen-bond donors (Lipinski definition) is 6. The van der Waals surface area contributed by atoms with Crippen LogP contribution >= 0.6 is 0 Å². The molecule has 0 aromatic rings. The number of urea groups is 2. The van der Waals surface area contributed by atoms with Crippen molar-refractivity contribution in [1.82, 2.24) is 21.5 Å². The predicted octanol–water partition coefficient (Wildman–Crippen LogP) is -1.36. The van der Waals surface area contributed by atoms with Gasteiger partial charge < -0.3 is 10.6 Å². The van der Waals surface area contributed by atoms with Crippen LogP contribution in [0.4, 0.5) is 9.59 Å². The number of amides is 4. The highest BCUT2D eigenvalue weighted by molar-refractivity contribution is 5.74. The van der Waals surface area contributed by atoms with Crippen LogP contribution in [0.25, 0.3) is 0 Å². The van der Waals surface area contributed by atoms with Gasteiger partial charge in [-0.15, -0.1) is 0 Å². The first kappa shape index (κ1) is 12.5. The predicted molar refractivity (Wildman–Crippen MR) is 57.8 cm³/mol. The van der Waals surface area contributed by atoms with E-state index in [9.17, 15) is 9.59 Å². The summed E-state index contributed by atoms with van der Waals surface area (Å²) in [5.41, 5.74) is 4.04. The van der Waals surface area contributed by atoms with Gasteiger partial charge in [0.1, 0.15) is 0 Å². The van der Waals surface area contributed by atoms with Crippen molar-refractivity contribution in [2.75, 3.05) is 0 Å². The summed E-state index contributed by atoms with van der Waals surface area (Å²) in [5, 5.41) is 5.46. The van der Waals surface area contributed by atoms with E-state index in [0.29, 0.717) is 0 Å². The fraction of sp³-hybridized carbons (Fsp3) is 0.750. The Morgan fingerprint density at radius 3 is 1.38 bits per heavy atom. The molecule has 0 atom stereocenters. The molecule has 1 aliphatic rings. The van der Waals surface area contributed by atoms with Crippen LogP contribution in [0, 0.1) is 0 Å². The van der Waals surface area contributed by atoms with E-state index < -0.39 is 0 Å². The molecule has 0 bridgehead atoms. The van der Waals surface area contributed by atoms with Gasteiger partial charge in [0, 0.05) is 12.1 Å². The molecule has 8 nitrogen and oxygen atoms in total. The summed E-state index contributed by atoms with van der Waals surface area (Å²) in [5.74, 6) is 9.92. The zero-order valence-corrected chi connectivity index (χ0v) is 8.95. The van der Waals surface area contributed by atoms with Crippen molar-refractivity contribution < 1.29 is 9.59 Å². The molecule has 0 radical (unpaired) electrons. The van der Waals surface area contributed by atoms with Crippen molar-refractivity contribution in [3.63, 3.8) is 0 Å². The van der Waals surface area contributed by atoms with Gasteiger partial charge in [0.05, 0.1) is 0 Å². The number of carbonyl (C=O) groups is 2. The maximum absolute atomic E-state index is 10.9. The molecule has 16 heavy (non-hydrogen) atoms. The summed E-state index contributed by atoms with van der Waals surface area (Å²) in [6, 6.07) is -0.530. The van der Waals surface area contributed by atoms with Crippen LogP contribution in [0.15, 0.2) is 0 Å². The molecule has 1 rings (SSSR count). The fourth-order valence-corrected chi connectivity index (χ4v) is 1.84. The Morgan fingerprint density at radius 2 is 1.12 bits per heavy atom. The van der Waals surface area contributed by atoms with Gasteiger partial charge in [0.2, 0.25) is 0 Å². The fourth-order valence-electron chi connectivity index (χ4n) is 1.84. The van der Waals surface area contributed by atoms with Crippen molar-refractivity contribution in [3.8, 4) is 0 Å². The molecule has 0 aromatic heterocycles. The van der Waals surface area contributed by atoms with Gasteiger partial charge in [-0.3, -0.25) is 10.9 Å². The topological polar surface area (TPSA) is 134 Å². The van der Waals surface area contributed by atoms with Crippen LogP contribution in [0.2, 0.25) is 0 Å². The van der Waals surface area contributed by atoms with Crippen LogP contribution in [0.5, 0.6) is 0 Å². The second kappa shape index (κ2) is 6.13. The Bertz CT molecular complexity index is 225. The minimum atomic E-state index is -0.379. The quantitative estimate of drug-likeness (QED) is 0.198. The largest absolute Gasteiger partial charge is 0.334 e. The van der Waals surface area contributed by atoms with E-state index in [2.05, 4.69) is 10.6 Å². The first-order valence-electron chi connectivity index (χ1n) is 5.20. The Kier molecular flexibility index (Phi) is 4.80. The lowest BCUT2D eigenvalue weighted by Gasteiger charge is -2.29. The third-order valence-electron chi connectivity index (χ3n) is 2.66. The first-order chi connectivity index (χ1) is 7.65. The summed E-state index contributed by atoms with van der Waals surface area (Å²) in [6.07, 6.45) is 3.23. The van der Waals surface area contributed by atoms with E-state index in [1.807, 2.05) is 10.9 Å². The van der Waals surface area contributed by atoms with E-state index in [0.717, 1.165) is 25.7 Å². The van der Waals surface area contributed by atoms with E-state index in [-0.39, 0.29) is 24.1 Å². The first-order valence-corrected chi connectivity index (χ1v) is 5.20. The summed E-state index contributed by atoms with van der Waals surface area (Å²) < 4.78 is 0. The van der Waals surface area contributed by atoms with Gasteiger partial charge in [0.25, 0.3) is 0 Å². The van der Waals surface area contributed by atoms with Crippen LogP contribution in [0.1, 0.15) is 25.7 Å². The number of hydrogen-bond acceptors (Lipinski definition) is 4. The summed E-state index contributed by atoms with van der Waals surface area (Å²) >= 11 is 0. The second-order valence-corrected chi connectivity index (χ2v) is 3.78. The smallest absolute Gasteiger partial charge is 0.329 e. The van der Waals surface area contributed by atoms with Gasteiger partial charge in [-0.1, -0.05) is 0 Å². The van der Waals surface area contributed by atoms with Crippen LogP contribution in [-0.4, -0.2) is 24.1 Å². The van der Waals surface area contributed by atoms with Gasteiger partial charge in [-0.25, -0.2) is 21.3 Å². The van der Waals surface area contributed by atoms with E-state index in [1.54, 1.807) is 0 Å². The number of carbonyl (C=O) groups excluding carboxylic acids is 2. The van der Waals surface area contributed by atoms with Gasteiger partial charge >= 0.3 is 12.1 Å². The molecule has 1 saturated carbocycles. The van der Waals surface area contributed by atoms with Crippen molar-refractivity contribution in [1.29, 1.82) is 0 Å². The molecule has 1 fully saturated rings. The number of rotatable bonds is 2. The molecule has 0 aliphatic heterocycles. The van der Waals surface area contributed by atoms with Crippen LogP contribution < -0.4 is 33.2 Å². The Hall–Kier alpha value is -1.54. The highest BCUT2D eigenvalue weighted by Gasteiger charge is 2.22. The molecular formula is C8H18N6O2. The zero-order valence-electron chi connectivity index (χ0n) is 8.95. The zero-order chi connectivity index (χ0) is 12.0. The number of nitrogens with one attached hydrogen (secondary N) is 4. The van der Waals surface area contributed by atoms with Gasteiger partial charge in [-0.2, -0.15) is 0 Å². The van der Waals surface area contributed by atoms with Crippen molar-refractivity contribution in [2.45, 2.75) is 37.8 Å². The van der Waals surface area contributed by atoms with Crippen LogP contribution in [0.3, 0.4) is 0 Å². The lowest BCUT2D eigenvalue weighted by molar-refractivity contribution is 0.221. The van der Waals surface area contributed by atoms with Crippen molar-refractivity contribution >= 4 is 12.1 Å². The molecule has 1 aliphatic carbocycles. The Morgan fingerprint density at radius 1 is 0.812 bits per heavy atom. The maximum atomic E-state index is 10.9. The average Bonchev–Trinajstić information content (AvgIpc) is 2.31. The van der Waals surface area contributed by atoms with Crippen molar-refractivity contribution in [2.24, 2.45) is 11.7 Å². The summed E-state index contributed by atoms with van der Waals surface area (Å²) in [7, 11) is 0. The lowest BCUT2D eigenvalue weighted by atomic mass is 9.91. The monoisotopic (exact) mass is 230 g/mol. The molecule has 0 aromatic carbocycles. The SMILES string of the molecule is NNC(=O)NC1CCC(NC(=O)NN)CC1. The molecule has 0 heterocycles. The third kappa shape index (κ3) is 3.91. The Labute approximate surface area is 93.4 Å². The molecule has 0 spiro atoms. The summed E-state index contributed by atoms with van der Waals surface area (Å²) in [4.78, 5) is 21.9. The van der Waals surface area contributed by atoms with Crippen molar-refractivity contribution in [3.05, 3.63) is 0 Å². The second-order valence-electron chi connectivity index (χ2n) is 3.78. The minimum absolute atomic E-state index is 0.113. The van der Waals surface area contributed by atoms with Gasteiger partial charge in [-0.05, 0) is 25.7 Å². The summed E-state index contributed by atoms with van der Waals surface area (Å²) in [6.45, 7) is 0. The minimum Gasteiger partial charge on any atom is -0.334 e. The molecule has 4 amide bonds. The van der Waals surface area contributed by atoms with Gasteiger partial charge in [0.15, 0.2) is 0 Å². The van der Waals surface area contributed by atoms with E-state index >= 15 is 0 Å². The highest BCUT2D eigenvalue weighted by atomic mass is 16.2. The molecule has 8 N–H and O–H groups in total. The standard InChI is InChI=1S/C8H18N6O2/c9-13-7(15)11-5-1-2-6(4-3-5)12-8(16)14-10/h5-6H,1-4,9-10H2,(H2,11,13,15)(H2,12,14,16). The molecule has 8 heteroatoms. The Balaban J connectivity index is 2.23. The normalized spacial score (nSPS) is 24.4. The lowest BCUT2D eigenvalue weighted by Crippen LogP contribution is -2.50. The molecule has 0 saturated heterocycles. The number of hydrazine groups is 2. The highest BCUT2D eigenvalue weighted by Crippen LogP contribution is 2.18.